The van der Waals surface area contributed by atoms with Crippen LogP contribution in [0.2, 0.25) is 0 Å². The van der Waals surface area contributed by atoms with Crippen LogP contribution in [0.25, 0.3) is 0 Å². The summed E-state index contributed by atoms with van der Waals surface area (Å²) < 4.78 is 28.5. The number of hydrazone groups is 1. The molecule has 1 amide bonds. The lowest BCUT2D eigenvalue weighted by Crippen LogP contribution is -2.25. The molecule has 2 N–H and O–H groups in total. The SMILES string of the molecule is COC(=O)/C=C1\S/C(=N\NS(=O)(=O)c2ccc(C)cc2)NC1=O. The number of hydrogen-bond donors (Lipinski definition) is 2. The predicted octanol–water partition coefficient (Wildman–Crippen LogP) is 0.464. The van der Waals surface area contributed by atoms with Crippen molar-refractivity contribution in [3.63, 3.8) is 0 Å². The van der Waals surface area contributed by atoms with Crippen molar-refractivity contribution in [1.82, 2.24) is 10.1 Å². The number of methoxy groups -OCH3 is 1. The number of esters is 1. The largest absolute Gasteiger partial charge is 0.466 e. The van der Waals surface area contributed by atoms with E-state index in [1.807, 2.05) is 11.8 Å². The van der Waals surface area contributed by atoms with Gasteiger partial charge in [-0.3, -0.25) is 10.1 Å². The molecule has 2 rings (SSSR count). The third-order valence-corrected chi connectivity index (χ3v) is 4.83. The summed E-state index contributed by atoms with van der Waals surface area (Å²) >= 11 is 0.823. The van der Waals surface area contributed by atoms with Gasteiger partial charge in [0.05, 0.1) is 16.9 Å². The van der Waals surface area contributed by atoms with Crippen LogP contribution < -0.4 is 10.1 Å². The minimum atomic E-state index is -3.84. The number of rotatable bonds is 4. The van der Waals surface area contributed by atoms with E-state index in [0.29, 0.717) is 0 Å². The molecular formula is C13H13N3O5S2. The Morgan fingerprint density at radius 2 is 2.00 bits per heavy atom. The van der Waals surface area contributed by atoms with Crippen molar-refractivity contribution in [2.45, 2.75) is 11.8 Å². The van der Waals surface area contributed by atoms with E-state index in [1.54, 1.807) is 12.1 Å². The fraction of sp³-hybridized carbons (Fsp3) is 0.154. The van der Waals surface area contributed by atoms with Gasteiger partial charge >= 0.3 is 5.97 Å². The van der Waals surface area contributed by atoms with Gasteiger partial charge < -0.3 is 4.74 Å². The first kappa shape index (κ1) is 17.0. The molecule has 23 heavy (non-hydrogen) atoms. The zero-order chi connectivity index (χ0) is 17.0. The van der Waals surface area contributed by atoms with Crippen LogP contribution in [0.4, 0.5) is 0 Å². The highest BCUT2D eigenvalue weighted by molar-refractivity contribution is 8.18. The Morgan fingerprint density at radius 3 is 2.61 bits per heavy atom. The van der Waals surface area contributed by atoms with Crippen LogP contribution in [0.1, 0.15) is 5.56 Å². The Hall–Kier alpha value is -2.33. The molecular weight excluding hydrogens is 342 g/mol. The van der Waals surface area contributed by atoms with Crippen molar-refractivity contribution in [2.24, 2.45) is 5.10 Å². The minimum absolute atomic E-state index is 0.0147. The Morgan fingerprint density at radius 1 is 1.35 bits per heavy atom. The second kappa shape index (κ2) is 6.84. The molecule has 1 fully saturated rings. The summed E-state index contributed by atoms with van der Waals surface area (Å²) in [7, 11) is -2.66. The van der Waals surface area contributed by atoms with Gasteiger partial charge in [-0.15, -0.1) is 5.10 Å². The van der Waals surface area contributed by atoms with Crippen LogP contribution >= 0.6 is 11.8 Å². The lowest BCUT2D eigenvalue weighted by atomic mass is 10.2. The molecule has 0 unspecified atom stereocenters. The maximum atomic E-state index is 12.1. The molecule has 1 saturated heterocycles. The van der Waals surface area contributed by atoms with Gasteiger partial charge in [0, 0.05) is 6.08 Å². The maximum absolute atomic E-state index is 12.1. The van der Waals surface area contributed by atoms with Gasteiger partial charge in [-0.1, -0.05) is 17.7 Å². The van der Waals surface area contributed by atoms with Gasteiger partial charge in [0.1, 0.15) is 0 Å². The lowest BCUT2D eigenvalue weighted by molar-refractivity contribution is -0.135. The van der Waals surface area contributed by atoms with Crippen molar-refractivity contribution >= 4 is 38.8 Å². The molecule has 1 heterocycles. The standard InChI is InChI=1S/C13H13N3O5S2/c1-8-3-5-9(6-4-8)23(19,20)16-15-13-14-12(18)10(22-13)7-11(17)21-2/h3-7,16H,1-2H3,(H,14,15,18)/b10-7-. The molecule has 10 heteroatoms. The van der Waals surface area contributed by atoms with Crippen LogP contribution in [0, 0.1) is 6.92 Å². The molecule has 1 aromatic carbocycles. The highest BCUT2D eigenvalue weighted by Crippen LogP contribution is 2.23. The zero-order valence-electron chi connectivity index (χ0n) is 12.2. The second-order valence-corrected chi connectivity index (χ2v) is 7.10. The highest BCUT2D eigenvalue weighted by atomic mass is 32.2. The normalized spacial score (nSPS) is 18.1. The van der Waals surface area contributed by atoms with Crippen LogP contribution in [0.5, 0.6) is 0 Å². The van der Waals surface area contributed by atoms with Crippen molar-refractivity contribution in [2.75, 3.05) is 7.11 Å². The summed E-state index contributed by atoms with van der Waals surface area (Å²) in [6, 6.07) is 6.21. The van der Waals surface area contributed by atoms with E-state index in [9.17, 15) is 18.0 Å². The molecule has 1 aliphatic heterocycles. The van der Waals surface area contributed by atoms with Crippen LogP contribution in [-0.4, -0.2) is 32.6 Å². The lowest BCUT2D eigenvalue weighted by Gasteiger charge is -2.04. The number of hydrogen-bond acceptors (Lipinski definition) is 7. The van der Waals surface area contributed by atoms with Gasteiger partial charge in [0.15, 0.2) is 5.17 Å². The number of amidine groups is 1. The Labute approximate surface area is 137 Å². The van der Waals surface area contributed by atoms with E-state index in [-0.39, 0.29) is 15.0 Å². The van der Waals surface area contributed by atoms with Crippen molar-refractivity contribution < 1.29 is 22.7 Å². The minimum Gasteiger partial charge on any atom is -0.466 e. The van der Waals surface area contributed by atoms with Crippen molar-refractivity contribution in [1.29, 1.82) is 0 Å². The van der Waals surface area contributed by atoms with E-state index in [0.717, 1.165) is 23.4 Å². The molecule has 8 nitrogen and oxygen atoms in total. The number of carbonyl (C=O) groups is 2. The summed E-state index contributed by atoms with van der Waals surface area (Å²) in [6.45, 7) is 1.84. The highest BCUT2D eigenvalue weighted by Gasteiger charge is 2.25. The van der Waals surface area contributed by atoms with Crippen LogP contribution in [0.15, 0.2) is 45.2 Å². The van der Waals surface area contributed by atoms with Gasteiger partial charge in [0.25, 0.3) is 15.9 Å². The fourth-order valence-electron chi connectivity index (χ4n) is 1.52. The number of thioether (sulfide) groups is 1. The first-order chi connectivity index (χ1) is 10.8. The summed E-state index contributed by atoms with van der Waals surface area (Å²) in [6.07, 6.45) is 0.997. The van der Waals surface area contributed by atoms with Crippen LogP contribution in [-0.2, 0) is 24.3 Å². The molecule has 0 saturated carbocycles. The zero-order valence-corrected chi connectivity index (χ0v) is 13.8. The number of aryl methyl sites for hydroxylation is 1. The quantitative estimate of drug-likeness (QED) is 0.461. The molecule has 1 aromatic rings. The van der Waals surface area contributed by atoms with E-state index in [2.05, 4.69) is 15.2 Å². The fourth-order valence-corrected chi connectivity index (χ4v) is 3.13. The maximum Gasteiger partial charge on any atom is 0.331 e. The van der Waals surface area contributed by atoms with E-state index in [1.165, 1.54) is 19.2 Å². The average Bonchev–Trinajstić information content (AvgIpc) is 2.86. The van der Waals surface area contributed by atoms with Gasteiger partial charge in [-0.2, -0.15) is 13.2 Å². The number of nitrogens with zero attached hydrogens (tertiary/aromatic N) is 1. The monoisotopic (exact) mass is 355 g/mol. The van der Waals surface area contributed by atoms with Crippen molar-refractivity contribution in [3.05, 3.63) is 40.8 Å². The first-order valence-corrected chi connectivity index (χ1v) is 8.57. The average molecular weight is 355 g/mol. The van der Waals surface area contributed by atoms with Gasteiger partial charge in [-0.05, 0) is 30.8 Å². The van der Waals surface area contributed by atoms with E-state index < -0.39 is 21.9 Å². The summed E-state index contributed by atoms with van der Waals surface area (Å²) in [5, 5.41) is 6.00. The smallest absolute Gasteiger partial charge is 0.331 e. The van der Waals surface area contributed by atoms with Crippen LogP contribution in [0.3, 0.4) is 0 Å². The van der Waals surface area contributed by atoms with Gasteiger partial charge in [0.2, 0.25) is 0 Å². The number of amides is 1. The molecule has 0 radical (unpaired) electrons. The molecule has 0 atom stereocenters. The first-order valence-electron chi connectivity index (χ1n) is 6.27. The molecule has 0 aliphatic carbocycles. The third kappa shape index (κ3) is 4.33. The third-order valence-electron chi connectivity index (χ3n) is 2.70. The Balaban J connectivity index is 2.12. The molecule has 0 spiro atoms. The summed E-state index contributed by atoms with van der Waals surface area (Å²) in [5.41, 5.74) is 0.923. The van der Waals surface area contributed by atoms with Crippen molar-refractivity contribution in [3.8, 4) is 0 Å². The molecule has 0 bridgehead atoms. The number of ether oxygens (including phenoxy) is 1. The number of nitrogens with one attached hydrogen (secondary N) is 2. The van der Waals surface area contributed by atoms with E-state index >= 15 is 0 Å². The van der Waals surface area contributed by atoms with E-state index in [4.69, 9.17) is 0 Å². The Bertz CT molecular complexity index is 797. The molecule has 0 aromatic heterocycles. The number of carbonyl (C=O) groups excluding carboxylic acids is 2. The number of sulfonamides is 1. The molecule has 1 aliphatic rings. The Kier molecular flexibility index (Phi) is 5.06. The topological polar surface area (TPSA) is 114 Å². The van der Waals surface area contributed by atoms with Gasteiger partial charge in [-0.25, -0.2) is 4.79 Å². The molecule has 122 valence electrons. The predicted molar refractivity (Wildman–Crippen MR) is 84.8 cm³/mol. The summed E-state index contributed by atoms with van der Waals surface area (Å²) in [4.78, 5) is 24.8. The second-order valence-electron chi connectivity index (χ2n) is 4.41. The number of benzene rings is 1. The summed E-state index contributed by atoms with van der Waals surface area (Å²) in [5.74, 6) is -1.25.